The molecule has 0 bridgehead atoms. The van der Waals surface area contributed by atoms with E-state index in [9.17, 15) is 44.6 Å². The highest BCUT2D eigenvalue weighted by atomic mass is 31.2. The Hall–Kier alpha value is -1.15. The quantitative estimate of drug-likeness (QED) is 0.0191. The number of aliphatic hydroxyl groups excluding tert-OH is 5. The zero-order valence-corrected chi connectivity index (χ0v) is 40.8. The lowest BCUT2D eigenvalue weighted by molar-refractivity contribution is -0.220. The smallest absolute Gasteiger partial charge is 0.462 e. The Kier molecular flexibility index (Phi) is 38.0. The number of esters is 2. The number of hydrogen-bond acceptors (Lipinski definition) is 12. The van der Waals surface area contributed by atoms with Crippen molar-refractivity contribution >= 4 is 19.8 Å². The Bertz CT molecular complexity index is 1110. The van der Waals surface area contributed by atoms with Crippen LogP contribution in [0.5, 0.6) is 0 Å². The molecule has 6 N–H and O–H groups in total. The summed E-state index contributed by atoms with van der Waals surface area (Å²) in [7, 11) is -5.11. The van der Waals surface area contributed by atoms with E-state index in [-0.39, 0.29) is 12.8 Å². The Morgan fingerprint density at radius 1 is 0.429 bits per heavy atom. The summed E-state index contributed by atoms with van der Waals surface area (Å²) in [5.74, 6) is -1.08. The maximum Gasteiger partial charge on any atom is 0.472 e. The van der Waals surface area contributed by atoms with Gasteiger partial charge >= 0.3 is 19.8 Å². The standard InChI is InChI=1S/C49H95O13P/c1-3-5-7-9-11-13-15-17-19-21-22-24-25-27-29-31-33-35-37-42(50)59-39-41(40-60-63(57,58)62-49-47(55)45(53)44(52)46(54)48(49)56)61-43(51)38-36-34-32-30-28-26-23-20-18-16-14-12-10-8-6-4-2/h41,44-49,52-56H,3-40H2,1-2H3,(H,57,58)/t41-,44?,45-,46?,47?,48?,49?/m1/s1. The van der Waals surface area contributed by atoms with Crippen molar-refractivity contribution in [2.24, 2.45) is 0 Å². The van der Waals surface area contributed by atoms with Gasteiger partial charge in [0.05, 0.1) is 6.61 Å². The number of rotatable bonds is 44. The van der Waals surface area contributed by atoms with Gasteiger partial charge in [0.1, 0.15) is 43.2 Å². The van der Waals surface area contributed by atoms with Crippen LogP contribution in [0.3, 0.4) is 0 Å². The molecule has 0 radical (unpaired) electrons. The third kappa shape index (κ3) is 32.2. The Morgan fingerprint density at radius 3 is 1.05 bits per heavy atom. The first-order valence-electron chi connectivity index (χ1n) is 25.8. The van der Waals surface area contributed by atoms with Crippen molar-refractivity contribution in [2.75, 3.05) is 13.2 Å². The summed E-state index contributed by atoms with van der Waals surface area (Å²) in [6.45, 7) is 3.35. The number of phosphoric ester groups is 1. The van der Waals surface area contributed by atoms with Gasteiger partial charge in [-0.2, -0.15) is 0 Å². The average molecular weight is 923 g/mol. The van der Waals surface area contributed by atoms with Crippen LogP contribution in [0, 0.1) is 0 Å². The summed E-state index contributed by atoms with van der Waals surface area (Å²) in [4.78, 5) is 35.8. The Labute approximate surface area is 382 Å². The summed E-state index contributed by atoms with van der Waals surface area (Å²) in [5.41, 5.74) is 0. The van der Waals surface area contributed by atoms with E-state index in [1.807, 2.05) is 0 Å². The minimum atomic E-state index is -5.11. The molecule has 1 saturated carbocycles. The van der Waals surface area contributed by atoms with E-state index in [1.165, 1.54) is 167 Å². The van der Waals surface area contributed by atoms with E-state index in [1.54, 1.807) is 0 Å². The highest BCUT2D eigenvalue weighted by molar-refractivity contribution is 7.47. The first kappa shape index (κ1) is 59.9. The number of carbonyl (C=O) groups excluding carboxylic acids is 2. The molecule has 14 heteroatoms. The van der Waals surface area contributed by atoms with Crippen LogP contribution in [0.2, 0.25) is 0 Å². The van der Waals surface area contributed by atoms with Crippen LogP contribution in [-0.4, -0.2) is 98.3 Å². The van der Waals surface area contributed by atoms with Gasteiger partial charge in [-0.3, -0.25) is 18.6 Å². The topological polar surface area (TPSA) is 210 Å². The van der Waals surface area contributed by atoms with Gasteiger partial charge in [-0.1, -0.05) is 219 Å². The Balaban J connectivity index is 2.38. The normalized spacial score (nSPS) is 21.6. The molecule has 0 aromatic carbocycles. The van der Waals surface area contributed by atoms with Crippen LogP contribution in [0.15, 0.2) is 0 Å². The largest absolute Gasteiger partial charge is 0.472 e. The van der Waals surface area contributed by atoms with Crippen molar-refractivity contribution in [3.63, 3.8) is 0 Å². The molecule has 1 aliphatic rings. The number of hydrogen-bond donors (Lipinski definition) is 6. The van der Waals surface area contributed by atoms with Gasteiger partial charge in [0, 0.05) is 12.8 Å². The monoisotopic (exact) mass is 923 g/mol. The number of aliphatic hydroxyl groups is 5. The van der Waals surface area contributed by atoms with Crippen LogP contribution >= 0.6 is 7.82 Å². The number of unbranched alkanes of at least 4 members (excludes halogenated alkanes) is 32. The van der Waals surface area contributed by atoms with Crippen molar-refractivity contribution in [1.29, 1.82) is 0 Å². The highest BCUT2D eigenvalue weighted by Gasteiger charge is 2.51. The molecule has 0 heterocycles. The number of carbonyl (C=O) groups is 2. The lowest BCUT2D eigenvalue weighted by Crippen LogP contribution is -2.64. The molecule has 0 aliphatic heterocycles. The average Bonchev–Trinajstić information content (AvgIpc) is 3.26. The van der Waals surface area contributed by atoms with Gasteiger partial charge in [0.25, 0.3) is 0 Å². The van der Waals surface area contributed by atoms with Gasteiger partial charge in [-0.25, -0.2) is 4.57 Å². The van der Waals surface area contributed by atoms with Gasteiger partial charge < -0.3 is 39.9 Å². The Morgan fingerprint density at radius 2 is 0.714 bits per heavy atom. The molecule has 1 aliphatic carbocycles. The lowest BCUT2D eigenvalue weighted by atomic mass is 9.85. The van der Waals surface area contributed by atoms with Crippen LogP contribution in [-0.2, 0) is 32.7 Å². The van der Waals surface area contributed by atoms with E-state index in [0.29, 0.717) is 12.8 Å². The summed E-state index contributed by atoms with van der Waals surface area (Å²) in [6, 6.07) is 0. The van der Waals surface area contributed by atoms with Gasteiger partial charge in [0.15, 0.2) is 6.10 Å². The van der Waals surface area contributed by atoms with Crippen molar-refractivity contribution in [3.05, 3.63) is 0 Å². The first-order valence-corrected chi connectivity index (χ1v) is 27.3. The third-order valence-electron chi connectivity index (χ3n) is 12.4. The summed E-state index contributed by atoms with van der Waals surface area (Å²) < 4.78 is 33.6. The molecule has 8 atom stereocenters. The molecule has 13 nitrogen and oxygen atoms in total. The highest BCUT2D eigenvalue weighted by Crippen LogP contribution is 2.47. The molecule has 0 aromatic rings. The fourth-order valence-corrected chi connectivity index (χ4v) is 9.26. The molecule has 0 aromatic heterocycles. The predicted octanol–water partition coefficient (Wildman–Crippen LogP) is 10.8. The zero-order valence-electron chi connectivity index (χ0n) is 39.9. The van der Waals surface area contributed by atoms with E-state index < -0.39 is 75.7 Å². The molecule has 0 amide bonds. The molecule has 63 heavy (non-hydrogen) atoms. The van der Waals surface area contributed by atoms with Gasteiger partial charge in [-0.15, -0.1) is 0 Å². The second kappa shape index (κ2) is 40.0. The maximum atomic E-state index is 12.8. The molecular weight excluding hydrogens is 827 g/mol. The minimum Gasteiger partial charge on any atom is -0.462 e. The van der Waals surface area contributed by atoms with Gasteiger partial charge in [-0.05, 0) is 12.8 Å². The first-order chi connectivity index (χ1) is 30.4. The fourth-order valence-electron chi connectivity index (χ4n) is 8.29. The fraction of sp³-hybridized carbons (Fsp3) is 0.959. The van der Waals surface area contributed by atoms with E-state index in [2.05, 4.69) is 13.8 Å². The van der Waals surface area contributed by atoms with E-state index in [4.69, 9.17) is 18.5 Å². The molecule has 1 rings (SSSR count). The number of phosphoric acid groups is 1. The van der Waals surface area contributed by atoms with Crippen LogP contribution < -0.4 is 0 Å². The summed E-state index contributed by atoms with van der Waals surface area (Å²) in [5, 5.41) is 50.2. The van der Waals surface area contributed by atoms with Crippen LogP contribution in [0.25, 0.3) is 0 Å². The zero-order chi connectivity index (χ0) is 46.4. The molecule has 374 valence electrons. The summed E-state index contributed by atoms with van der Waals surface area (Å²) >= 11 is 0. The van der Waals surface area contributed by atoms with Gasteiger partial charge in [0.2, 0.25) is 0 Å². The maximum absolute atomic E-state index is 12.8. The van der Waals surface area contributed by atoms with Crippen LogP contribution in [0.4, 0.5) is 0 Å². The molecule has 0 spiro atoms. The summed E-state index contributed by atoms with van der Waals surface area (Å²) in [6.07, 6.45) is 28.6. The van der Waals surface area contributed by atoms with Crippen molar-refractivity contribution in [1.82, 2.24) is 0 Å². The lowest BCUT2D eigenvalue weighted by Gasteiger charge is -2.41. The molecule has 1 fully saturated rings. The molecular formula is C49H95O13P. The van der Waals surface area contributed by atoms with E-state index >= 15 is 0 Å². The second-order valence-electron chi connectivity index (χ2n) is 18.4. The molecule has 6 unspecified atom stereocenters. The van der Waals surface area contributed by atoms with E-state index in [0.717, 1.165) is 38.5 Å². The van der Waals surface area contributed by atoms with Crippen molar-refractivity contribution < 1.29 is 63.1 Å². The predicted molar refractivity (Wildman–Crippen MR) is 249 cm³/mol. The van der Waals surface area contributed by atoms with Crippen molar-refractivity contribution in [2.45, 2.75) is 288 Å². The minimum absolute atomic E-state index is 0.105. The SMILES string of the molecule is CCCCCCCCCCCCCCCCCCCCC(=O)OC[C@H](COP(=O)(O)OC1C(O)C(O)C(O)[C@@H](O)C1O)OC(=O)CCCCCCCCCCCCCCCCCC. The van der Waals surface area contributed by atoms with Crippen molar-refractivity contribution in [3.8, 4) is 0 Å². The number of ether oxygens (including phenoxy) is 2. The second-order valence-corrected chi connectivity index (χ2v) is 19.8. The van der Waals surface area contributed by atoms with Crippen LogP contribution in [0.1, 0.15) is 245 Å². The molecule has 0 saturated heterocycles. The third-order valence-corrected chi connectivity index (χ3v) is 13.4.